The Kier molecular flexibility index (Phi) is 6.88. The van der Waals surface area contributed by atoms with E-state index in [-0.39, 0.29) is 12.5 Å². The van der Waals surface area contributed by atoms with Gasteiger partial charge in [-0.05, 0) is 44.4 Å². The Balaban J connectivity index is 2.38. The molecule has 2 N–H and O–H groups in total. The third kappa shape index (κ3) is 6.30. The molecule has 0 aliphatic rings. The summed E-state index contributed by atoms with van der Waals surface area (Å²) in [6, 6.07) is 9.21. The maximum atomic E-state index is 11.9. The number of nitrogens with one attached hydrogen (secondary N) is 1. The van der Waals surface area contributed by atoms with Crippen molar-refractivity contribution in [3.8, 4) is 5.75 Å². The number of carbonyl (C=O) groups is 1. The molecule has 0 saturated carbocycles. The van der Waals surface area contributed by atoms with Crippen LogP contribution in [0.5, 0.6) is 5.75 Å². The number of benzene rings is 1. The molecular weight excluding hydrogens is 274 g/mol. The molecule has 0 unspecified atom stereocenters. The summed E-state index contributed by atoms with van der Waals surface area (Å²) < 4.78 is 5.52. The molecule has 4 nitrogen and oxygen atoms in total. The van der Waals surface area contributed by atoms with Gasteiger partial charge in [-0.25, -0.2) is 0 Å². The first kappa shape index (κ1) is 16.9. The minimum absolute atomic E-state index is 0.224. The summed E-state index contributed by atoms with van der Waals surface area (Å²) in [6.07, 6.45) is 2.04. The van der Waals surface area contributed by atoms with E-state index in [4.69, 9.17) is 4.74 Å². The van der Waals surface area contributed by atoms with Crippen molar-refractivity contribution in [3.63, 3.8) is 0 Å². The average molecular weight is 297 g/mol. The average Bonchev–Trinajstić information content (AvgIpc) is 2.44. The van der Waals surface area contributed by atoms with Gasteiger partial charge in [-0.15, -0.1) is 0 Å². The van der Waals surface area contributed by atoms with Crippen molar-refractivity contribution in [1.29, 1.82) is 0 Å². The molecule has 1 rings (SSSR count). The van der Waals surface area contributed by atoms with Gasteiger partial charge in [0, 0.05) is 6.54 Å². The molecule has 1 aromatic carbocycles. The zero-order valence-electron chi connectivity index (χ0n) is 12.3. The molecule has 0 aromatic heterocycles. The maximum absolute atomic E-state index is 11.9. The zero-order valence-corrected chi connectivity index (χ0v) is 13.1. The van der Waals surface area contributed by atoms with E-state index < -0.39 is 11.7 Å². The lowest BCUT2D eigenvalue weighted by Crippen LogP contribution is -2.45. The van der Waals surface area contributed by atoms with Gasteiger partial charge in [0.15, 0.2) is 6.10 Å². The van der Waals surface area contributed by atoms with Crippen LogP contribution in [0.4, 0.5) is 0 Å². The molecule has 0 aliphatic carbocycles. The van der Waals surface area contributed by atoms with Gasteiger partial charge in [-0.2, -0.15) is 11.8 Å². The van der Waals surface area contributed by atoms with E-state index >= 15 is 0 Å². The molecule has 1 amide bonds. The first-order chi connectivity index (χ1) is 9.44. The highest BCUT2D eigenvalue weighted by Gasteiger charge is 2.22. The molecule has 0 aliphatic heterocycles. The summed E-state index contributed by atoms with van der Waals surface area (Å²) in [7, 11) is 0. The SMILES string of the molecule is CSCC[C@](C)(O)CNC(=O)[C@H](C)Oc1ccccc1. The Morgan fingerprint density at radius 2 is 2.10 bits per heavy atom. The number of hydrogen-bond acceptors (Lipinski definition) is 4. The third-order valence-electron chi connectivity index (χ3n) is 2.91. The van der Waals surface area contributed by atoms with E-state index in [0.717, 1.165) is 5.75 Å². The van der Waals surface area contributed by atoms with Crippen molar-refractivity contribution in [2.24, 2.45) is 0 Å². The van der Waals surface area contributed by atoms with Gasteiger partial charge in [-0.1, -0.05) is 18.2 Å². The second-order valence-corrected chi connectivity index (χ2v) is 6.02. The Labute approximate surface area is 124 Å². The van der Waals surface area contributed by atoms with Crippen LogP contribution in [0.3, 0.4) is 0 Å². The Hall–Kier alpha value is -1.20. The zero-order chi connectivity index (χ0) is 15.0. The van der Waals surface area contributed by atoms with Crippen LogP contribution in [0.2, 0.25) is 0 Å². The van der Waals surface area contributed by atoms with E-state index in [0.29, 0.717) is 12.2 Å². The van der Waals surface area contributed by atoms with Gasteiger partial charge in [0.05, 0.1) is 5.60 Å². The number of ether oxygens (including phenoxy) is 1. The summed E-state index contributed by atoms with van der Waals surface area (Å²) in [5.74, 6) is 1.29. The standard InChI is InChI=1S/C15H23NO3S/c1-12(19-13-7-5-4-6-8-13)14(17)16-11-15(2,18)9-10-20-3/h4-8,12,18H,9-11H2,1-3H3,(H,16,17)/t12-,15-/m0/s1. The highest BCUT2D eigenvalue weighted by Crippen LogP contribution is 2.13. The largest absolute Gasteiger partial charge is 0.481 e. The van der Waals surface area contributed by atoms with E-state index in [1.54, 1.807) is 37.7 Å². The van der Waals surface area contributed by atoms with Crippen LogP contribution in [0.25, 0.3) is 0 Å². The number of aliphatic hydroxyl groups is 1. The predicted molar refractivity (Wildman–Crippen MR) is 83.2 cm³/mol. The lowest BCUT2D eigenvalue weighted by atomic mass is 10.0. The minimum Gasteiger partial charge on any atom is -0.481 e. The minimum atomic E-state index is -0.884. The summed E-state index contributed by atoms with van der Waals surface area (Å²) in [5.41, 5.74) is -0.884. The van der Waals surface area contributed by atoms with Gasteiger partial charge in [0.2, 0.25) is 0 Å². The number of rotatable bonds is 8. The molecule has 0 fully saturated rings. The van der Waals surface area contributed by atoms with Gasteiger partial charge < -0.3 is 15.2 Å². The van der Waals surface area contributed by atoms with Gasteiger partial charge in [0.25, 0.3) is 5.91 Å². The molecule has 0 radical (unpaired) electrons. The Morgan fingerprint density at radius 3 is 2.70 bits per heavy atom. The van der Waals surface area contributed by atoms with E-state index in [2.05, 4.69) is 5.32 Å². The van der Waals surface area contributed by atoms with Gasteiger partial charge >= 0.3 is 0 Å². The molecule has 0 saturated heterocycles. The number of thioether (sulfide) groups is 1. The lowest BCUT2D eigenvalue weighted by Gasteiger charge is -2.24. The van der Waals surface area contributed by atoms with E-state index in [1.165, 1.54) is 0 Å². The fourth-order valence-corrected chi connectivity index (χ4v) is 2.23. The lowest BCUT2D eigenvalue weighted by molar-refractivity contribution is -0.128. The molecule has 112 valence electrons. The highest BCUT2D eigenvalue weighted by molar-refractivity contribution is 7.98. The summed E-state index contributed by atoms with van der Waals surface area (Å²) >= 11 is 1.67. The highest BCUT2D eigenvalue weighted by atomic mass is 32.2. The number of hydrogen-bond donors (Lipinski definition) is 2. The van der Waals surface area contributed by atoms with Crippen molar-refractivity contribution in [3.05, 3.63) is 30.3 Å². The van der Waals surface area contributed by atoms with Crippen LogP contribution in [0, 0.1) is 0 Å². The smallest absolute Gasteiger partial charge is 0.260 e. The van der Waals surface area contributed by atoms with Crippen LogP contribution in [-0.4, -0.2) is 41.3 Å². The fourth-order valence-electron chi connectivity index (χ4n) is 1.59. The molecular formula is C15H23NO3S. The third-order valence-corrected chi connectivity index (χ3v) is 3.53. The van der Waals surface area contributed by atoms with Crippen LogP contribution in [-0.2, 0) is 4.79 Å². The first-order valence-corrected chi connectivity index (χ1v) is 8.05. The van der Waals surface area contributed by atoms with Crippen LogP contribution in [0.1, 0.15) is 20.3 Å². The number of para-hydroxylation sites is 1. The molecule has 0 spiro atoms. The monoisotopic (exact) mass is 297 g/mol. The summed E-state index contributed by atoms with van der Waals surface area (Å²) in [4.78, 5) is 11.9. The predicted octanol–water partition coefficient (Wildman–Crippen LogP) is 2.07. The van der Waals surface area contributed by atoms with Gasteiger partial charge in [0.1, 0.15) is 5.75 Å². The summed E-state index contributed by atoms with van der Waals surface area (Å²) in [5, 5.41) is 12.8. The van der Waals surface area contributed by atoms with Gasteiger partial charge in [-0.3, -0.25) is 4.79 Å². The van der Waals surface area contributed by atoms with Crippen molar-refractivity contribution >= 4 is 17.7 Å². The van der Waals surface area contributed by atoms with Crippen molar-refractivity contribution < 1.29 is 14.6 Å². The molecule has 5 heteroatoms. The van der Waals surface area contributed by atoms with Crippen LogP contribution in [0.15, 0.2) is 30.3 Å². The normalized spacial score (nSPS) is 15.2. The van der Waals surface area contributed by atoms with Crippen LogP contribution < -0.4 is 10.1 Å². The molecule has 20 heavy (non-hydrogen) atoms. The summed E-state index contributed by atoms with van der Waals surface area (Å²) in [6.45, 7) is 3.65. The fraction of sp³-hybridized carbons (Fsp3) is 0.533. The maximum Gasteiger partial charge on any atom is 0.260 e. The van der Waals surface area contributed by atoms with E-state index in [9.17, 15) is 9.90 Å². The molecule has 2 atom stereocenters. The van der Waals surface area contributed by atoms with Crippen molar-refractivity contribution in [2.45, 2.75) is 32.0 Å². The van der Waals surface area contributed by atoms with E-state index in [1.807, 2.05) is 24.5 Å². The number of amides is 1. The Morgan fingerprint density at radius 1 is 1.45 bits per heavy atom. The molecule has 0 bridgehead atoms. The molecule has 1 aromatic rings. The van der Waals surface area contributed by atoms with Crippen LogP contribution >= 0.6 is 11.8 Å². The quantitative estimate of drug-likeness (QED) is 0.771. The molecule has 0 heterocycles. The Bertz CT molecular complexity index is 409. The van der Waals surface area contributed by atoms with Crippen molar-refractivity contribution in [1.82, 2.24) is 5.32 Å². The second kappa shape index (κ2) is 8.17. The topological polar surface area (TPSA) is 58.6 Å². The second-order valence-electron chi connectivity index (χ2n) is 5.03. The first-order valence-electron chi connectivity index (χ1n) is 6.65. The number of carbonyl (C=O) groups excluding carboxylic acids is 1. The van der Waals surface area contributed by atoms with Crippen molar-refractivity contribution in [2.75, 3.05) is 18.6 Å².